The summed E-state index contributed by atoms with van der Waals surface area (Å²) in [6, 6.07) is 7.80. The fourth-order valence-corrected chi connectivity index (χ4v) is 1.93. The van der Waals surface area contributed by atoms with E-state index in [0.29, 0.717) is 12.2 Å². The van der Waals surface area contributed by atoms with Gasteiger partial charge in [0.05, 0.1) is 0 Å². The van der Waals surface area contributed by atoms with Crippen LogP contribution in [0.5, 0.6) is 0 Å². The molecule has 2 nitrogen and oxygen atoms in total. The van der Waals surface area contributed by atoms with Gasteiger partial charge in [0.25, 0.3) is 0 Å². The standard InChI is InChI=1S/C14H19NO/c15-13-3-1-2-12(10-13)7-9-14(16)8-6-11-4-5-11/h1-3,10-11H,4-9,15H2. The van der Waals surface area contributed by atoms with Gasteiger partial charge in [0.2, 0.25) is 0 Å². The number of ketones is 1. The highest BCUT2D eigenvalue weighted by molar-refractivity contribution is 5.78. The number of hydrogen-bond acceptors (Lipinski definition) is 2. The largest absolute Gasteiger partial charge is 0.399 e. The zero-order chi connectivity index (χ0) is 11.4. The molecule has 2 heteroatoms. The van der Waals surface area contributed by atoms with Gasteiger partial charge in [0, 0.05) is 18.5 Å². The van der Waals surface area contributed by atoms with E-state index in [1.165, 1.54) is 18.4 Å². The molecule has 0 radical (unpaired) electrons. The zero-order valence-electron chi connectivity index (χ0n) is 9.61. The Kier molecular flexibility index (Phi) is 3.60. The van der Waals surface area contributed by atoms with Crippen LogP contribution in [0.25, 0.3) is 0 Å². The first-order chi connectivity index (χ1) is 7.74. The van der Waals surface area contributed by atoms with Gasteiger partial charge in [0.15, 0.2) is 0 Å². The molecule has 0 aliphatic heterocycles. The third-order valence-corrected chi connectivity index (χ3v) is 3.17. The highest BCUT2D eigenvalue weighted by atomic mass is 16.1. The van der Waals surface area contributed by atoms with Crippen molar-refractivity contribution in [3.63, 3.8) is 0 Å². The fourth-order valence-electron chi connectivity index (χ4n) is 1.93. The molecule has 1 aliphatic carbocycles. The Morgan fingerprint density at radius 1 is 1.31 bits per heavy atom. The summed E-state index contributed by atoms with van der Waals surface area (Å²) in [6.07, 6.45) is 6.04. The number of rotatable bonds is 6. The monoisotopic (exact) mass is 217 g/mol. The number of Topliss-reactive ketones (excluding diaryl/α,β-unsaturated/α-hetero) is 1. The van der Waals surface area contributed by atoms with Crippen molar-refractivity contribution < 1.29 is 4.79 Å². The quantitative estimate of drug-likeness (QED) is 0.744. The predicted octanol–water partition coefficient (Wildman–Crippen LogP) is 2.96. The number of aryl methyl sites for hydroxylation is 1. The number of carbonyl (C=O) groups excluding carboxylic acids is 1. The molecule has 0 atom stereocenters. The van der Waals surface area contributed by atoms with Crippen LogP contribution in [0.4, 0.5) is 5.69 Å². The molecule has 1 aromatic rings. The summed E-state index contributed by atoms with van der Waals surface area (Å²) in [5.74, 6) is 1.26. The van der Waals surface area contributed by atoms with Crippen molar-refractivity contribution in [1.82, 2.24) is 0 Å². The number of carbonyl (C=O) groups is 1. The summed E-state index contributed by atoms with van der Waals surface area (Å²) in [5.41, 5.74) is 7.63. The predicted molar refractivity (Wildman–Crippen MR) is 66.1 cm³/mol. The number of hydrogen-bond donors (Lipinski definition) is 1. The molecule has 2 rings (SSSR count). The van der Waals surface area contributed by atoms with E-state index in [1.54, 1.807) is 0 Å². The van der Waals surface area contributed by atoms with Crippen molar-refractivity contribution >= 4 is 11.5 Å². The molecule has 86 valence electrons. The zero-order valence-corrected chi connectivity index (χ0v) is 9.61. The van der Waals surface area contributed by atoms with Crippen LogP contribution >= 0.6 is 0 Å². The minimum atomic E-state index is 0.398. The Balaban J connectivity index is 1.71. The summed E-state index contributed by atoms with van der Waals surface area (Å²) in [5, 5.41) is 0. The van der Waals surface area contributed by atoms with Gasteiger partial charge in [-0.2, -0.15) is 0 Å². The van der Waals surface area contributed by atoms with E-state index in [2.05, 4.69) is 0 Å². The van der Waals surface area contributed by atoms with Crippen LogP contribution in [-0.2, 0) is 11.2 Å². The van der Waals surface area contributed by atoms with Crippen LogP contribution in [0.1, 0.15) is 37.7 Å². The second-order valence-electron chi connectivity index (χ2n) is 4.77. The molecule has 0 spiro atoms. The maximum Gasteiger partial charge on any atom is 0.133 e. The molecule has 16 heavy (non-hydrogen) atoms. The lowest BCUT2D eigenvalue weighted by atomic mass is 10.0. The van der Waals surface area contributed by atoms with Crippen LogP contribution in [0.3, 0.4) is 0 Å². The van der Waals surface area contributed by atoms with E-state index in [4.69, 9.17) is 5.73 Å². The number of nitrogen functional groups attached to an aromatic ring is 1. The second kappa shape index (κ2) is 5.15. The van der Waals surface area contributed by atoms with E-state index >= 15 is 0 Å². The molecule has 0 bridgehead atoms. The average molecular weight is 217 g/mol. The maximum atomic E-state index is 11.6. The lowest BCUT2D eigenvalue weighted by Gasteiger charge is -2.02. The second-order valence-corrected chi connectivity index (χ2v) is 4.77. The van der Waals surface area contributed by atoms with Crippen molar-refractivity contribution in [2.24, 2.45) is 5.92 Å². The molecule has 1 aliphatic rings. The lowest BCUT2D eigenvalue weighted by Crippen LogP contribution is -2.01. The first-order valence-electron chi connectivity index (χ1n) is 6.10. The summed E-state index contributed by atoms with van der Waals surface area (Å²) in [4.78, 5) is 11.6. The van der Waals surface area contributed by atoms with Crippen LogP contribution in [-0.4, -0.2) is 5.78 Å². The van der Waals surface area contributed by atoms with Gasteiger partial charge < -0.3 is 5.73 Å². The van der Waals surface area contributed by atoms with Gasteiger partial charge in [0.1, 0.15) is 5.78 Å². The highest BCUT2D eigenvalue weighted by Gasteiger charge is 2.21. The summed E-state index contributed by atoms with van der Waals surface area (Å²) in [7, 11) is 0. The van der Waals surface area contributed by atoms with E-state index < -0.39 is 0 Å². The normalized spacial score (nSPS) is 15.0. The first-order valence-corrected chi connectivity index (χ1v) is 6.10. The molecule has 1 fully saturated rings. The fraction of sp³-hybridized carbons (Fsp3) is 0.500. The van der Waals surface area contributed by atoms with Crippen LogP contribution in [0.15, 0.2) is 24.3 Å². The van der Waals surface area contributed by atoms with Crippen molar-refractivity contribution in [1.29, 1.82) is 0 Å². The Labute approximate surface area is 96.8 Å². The Bertz CT molecular complexity index is 369. The molecule has 0 unspecified atom stereocenters. The summed E-state index contributed by atoms with van der Waals surface area (Å²) >= 11 is 0. The van der Waals surface area contributed by atoms with Crippen LogP contribution in [0, 0.1) is 5.92 Å². The van der Waals surface area contributed by atoms with E-state index in [9.17, 15) is 4.79 Å². The van der Waals surface area contributed by atoms with Gasteiger partial charge in [-0.25, -0.2) is 0 Å². The smallest absolute Gasteiger partial charge is 0.133 e. The molecular weight excluding hydrogens is 198 g/mol. The van der Waals surface area contributed by atoms with E-state index in [-0.39, 0.29) is 0 Å². The van der Waals surface area contributed by atoms with Gasteiger partial charge >= 0.3 is 0 Å². The minimum absolute atomic E-state index is 0.398. The van der Waals surface area contributed by atoms with Crippen LogP contribution in [0.2, 0.25) is 0 Å². The van der Waals surface area contributed by atoms with E-state index in [0.717, 1.165) is 30.9 Å². The number of benzene rings is 1. The lowest BCUT2D eigenvalue weighted by molar-refractivity contribution is -0.119. The Hall–Kier alpha value is -1.31. The molecule has 0 saturated heterocycles. The van der Waals surface area contributed by atoms with Gasteiger partial charge in [-0.05, 0) is 36.5 Å². The van der Waals surface area contributed by atoms with Crippen molar-refractivity contribution in [3.8, 4) is 0 Å². The number of anilines is 1. The molecule has 2 N–H and O–H groups in total. The topological polar surface area (TPSA) is 43.1 Å². The maximum absolute atomic E-state index is 11.6. The molecule has 0 aromatic heterocycles. The minimum Gasteiger partial charge on any atom is -0.399 e. The molecule has 1 aromatic carbocycles. The molecule has 0 heterocycles. The summed E-state index contributed by atoms with van der Waals surface area (Å²) in [6.45, 7) is 0. The van der Waals surface area contributed by atoms with Crippen molar-refractivity contribution in [2.45, 2.75) is 38.5 Å². The SMILES string of the molecule is Nc1cccc(CCC(=O)CCC2CC2)c1. The van der Waals surface area contributed by atoms with Crippen LogP contribution < -0.4 is 5.73 Å². The van der Waals surface area contributed by atoms with Crippen molar-refractivity contribution in [2.75, 3.05) is 5.73 Å². The Morgan fingerprint density at radius 2 is 2.12 bits per heavy atom. The molecule has 1 saturated carbocycles. The highest BCUT2D eigenvalue weighted by Crippen LogP contribution is 2.33. The number of nitrogens with two attached hydrogens (primary N) is 1. The van der Waals surface area contributed by atoms with Gasteiger partial charge in [-0.15, -0.1) is 0 Å². The summed E-state index contributed by atoms with van der Waals surface area (Å²) < 4.78 is 0. The third kappa shape index (κ3) is 3.69. The van der Waals surface area contributed by atoms with Gasteiger partial charge in [-0.3, -0.25) is 4.79 Å². The third-order valence-electron chi connectivity index (χ3n) is 3.17. The van der Waals surface area contributed by atoms with E-state index in [1.807, 2.05) is 24.3 Å². The molecular formula is C14H19NO. The van der Waals surface area contributed by atoms with Crippen molar-refractivity contribution in [3.05, 3.63) is 29.8 Å². The first kappa shape index (κ1) is 11.2. The average Bonchev–Trinajstić information content (AvgIpc) is 3.07. The van der Waals surface area contributed by atoms with Gasteiger partial charge in [-0.1, -0.05) is 25.0 Å². The molecule has 0 amide bonds. The Morgan fingerprint density at radius 3 is 2.81 bits per heavy atom.